The summed E-state index contributed by atoms with van der Waals surface area (Å²) < 4.78 is 0. The first kappa shape index (κ1) is 15.0. The molecule has 2 N–H and O–H groups in total. The molecule has 0 aliphatic carbocycles. The summed E-state index contributed by atoms with van der Waals surface area (Å²) in [6.45, 7) is 2.86. The fraction of sp³-hybridized carbons (Fsp3) is 0.500. The summed E-state index contributed by atoms with van der Waals surface area (Å²) in [6.07, 6.45) is 2.46. The number of phenols is 1. The maximum absolute atomic E-state index is 11.7. The van der Waals surface area contributed by atoms with Crippen LogP contribution in [0.3, 0.4) is 0 Å². The van der Waals surface area contributed by atoms with Crippen molar-refractivity contribution in [3.63, 3.8) is 0 Å². The fourth-order valence-corrected chi connectivity index (χ4v) is 2.42. The number of halogens is 1. The number of amides is 1. The third-order valence-corrected chi connectivity index (χ3v) is 3.42. The van der Waals surface area contributed by atoms with Crippen LogP contribution in [0.1, 0.15) is 25.3 Å². The summed E-state index contributed by atoms with van der Waals surface area (Å²) in [5.74, 6) is 0.733. The number of phenolic OH excluding ortho intramolecular Hbond substituents is 1. The molecule has 0 heterocycles. The summed E-state index contributed by atoms with van der Waals surface area (Å²) in [6, 6.07) is 6.81. The molecule has 0 radical (unpaired) electrons. The van der Waals surface area contributed by atoms with Crippen molar-refractivity contribution in [2.24, 2.45) is 5.92 Å². The second-order valence-corrected chi connectivity index (χ2v) is 5.20. The molecule has 1 unspecified atom stereocenters. The average Bonchev–Trinajstić information content (AvgIpc) is 2.34. The Hall–Kier alpha value is -1.03. The third kappa shape index (κ3) is 5.54. The number of nitrogens with one attached hydrogen (secondary N) is 1. The van der Waals surface area contributed by atoms with Crippen molar-refractivity contribution in [3.05, 3.63) is 29.8 Å². The molecule has 0 fully saturated rings. The van der Waals surface area contributed by atoms with Gasteiger partial charge in [0.25, 0.3) is 0 Å². The Balaban J connectivity index is 2.37. The smallest absolute Gasteiger partial charge is 0.224 e. The van der Waals surface area contributed by atoms with E-state index in [1.807, 2.05) is 6.07 Å². The van der Waals surface area contributed by atoms with E-state index >= 15 is 0 Å². The lowest BCUT2D eigenvalue weighted by Crippen LogP contribution is -2.30. The van der Waals surface area contributed by atoms with Crippen LogP contribution >= 0.6 is 15.9 Å². The quantitative estimate of drug-likeness (QED) is 0.760. The highest BCUT2D eigenvalue weighted by molar-refractivity contribution is 9.09. The van der Waals surface area contributed by atoms with E-state index < -0.39 is 0 Å². The number of benzene rings is 1. The van der Waals surface area contributed by atoms with E-state index in [0.29, 0.717) is 12.3 Å². The molecule has 1 atom stereocenters. The lowest BCUT2D eigenvalue weighted by molar-refractivity contribution is -0.120. The van der Waals surface area contributed by atoms with Crippen LogP contribution in [0.15, 0.2) is 24.3 Å². The van der Waals surface area contributed by atoms with Crippen molar-refractivity contribution >= 4 is 21.8 Å². The normalized spacial score (nSPS) is 12.1. The Bertz CT molecular complexity index is 382. The van der Waals surface area contributed by atoms with Crippen molar-refractivity contribution in [2.45, 2.75) is 26.2 Å². The molecule has 0 aliphatic heterocycles. The van der Waals surface area contributed by atoms with Crippen molar-refractivity contribution < 1.29 is 9.90 Å². The molecule has 18 heavy (non-hydrogen) atoms. The fourth-order valence-electron chi connectivity index (χ4n) is 1.78. The summed E-state index contributed by atoms with van der Waals surface area (Å²) >= 11 is 3.42. The van der Waals surface area contributed by atoms with Gasteiger partial charge in [0.2, 0.25) is 5.91 Å². The lowest BCUT2D eigenvalue weighted by Gasteiger charge is -2.14. The van der Waals surface area contributed by atoms with E-state index in [0.717, 1.165) is 30.3 Å². The van der Waals surface area contributed by atoms with Crippen LogP contribution in [0.2, 0.25) is 0 Å². The van der Waals surface area contributed by atoms with Crippen LogP contribution in [-0.2, 0) is 11.2 Å². The zero-order chi connectivity index (χ0) is 13.4. The van der Waals surface area contributed by atoms with Crippen LogP contribution in [0.4, 0.5) is 0 Å². The van der Waals surface area contributed by atoms with Crippen molar-refractivity contribution in [3.8, 4) is 5.75 Å². The lowest BCUT2D eigenvalue weighted by atomic mass is 10.0. The van der Waals surface area contributed by atoms with Crippen LogP contribution < -0.4 is 5.32 Å². The average molecular weight is 314 g/mol. The summed E-state index contributed by atoms with van der Waals surface area (Å²) in [5, 5.41) is 13.2. The number of aromatic hydroxyl groups is 1. The standard InChI is InChI=1S/C14H20BrNO2/c1-2-11(6-7-15)10-16-14(18)9-12-4-3-5-13(17)8-12/h3-5,8,11,17H,2,6-7,9-10H2,1H3,(H,16,18). The summed E-state index contributed by atoms with van der Waals surface area (Å²) in [5.41, 5.74) is 0.834. The molecular formula is C14H20BrNO2. The Morgan fingerprint density at radius 3 is 2.89 bits per heavy atom. The second-order valence-electron chi connectivity index (χ2n) is 4.40. The van der Waals surface area contributed by atoms with Crippen molar-refractivity contribution in [2.75, 3.05) is 11.9 Å². The van der Waals surface area contributed by atoms with Gasteiger partial charge in [0.1, 0.15) is 5.75 Å². The molecule has 0 saturated heterocycles. The highest BCUT2D eigenvalue weighted by Crippen LogP contribution is 2.12. The minimum atomic E-state index is 0.00798. The first-order chi connectivity index (χ1) is 8.65. The van der Waals surface area contributed by atoms with Gasteiger partial charge in [0, 0.05) is 11.9 Å². The maximum atomic E-state index is 11.7. The highest BCUT2D eigenvalue weighted by Gasteiger charge is 2.08. The van der Waals surface area contributed by atoms with Gasteiger partial charge in [-0.05, 0) is 30.0 Å². The van der Waals surface area contributed by atoms with Crippen LogP contribution in [0.25, 0.3) is 0 Å². The van der Waals surface area contributed by atoms with Gasteiger partial charge >= 0.3 is 0 Å². The van der Waals surface area contributed by atoms with Crippen molar-refractivity contribution in [1.29, 1.82) is 0 Å². The van der Waals surface area contributed by atoms with Crippen molar-refractivity contribution in [1.82, 2.24) is 5.32 Å². The van der Waals surface area contributed by atoms with Gasteiger partial charge in [-0.15, -0.1) is 0 Å². The molecule has 100 valence electrons. The van der Waals surface area contributed by atoms with E-state index in [2.05, 4.69) is 28.2 Å². The molecule has 1 aromatic carbocycles. The number of alkyl halides is 1. The second kappa shape index (κ2) is 8.14. The first-order valence-electron chi connectivity index (χ1n) is 6.26. The van der Waals surface area contributed by atoms with Gasteiger partial charge in [-0.2, -0.15) is 0 Å². The molecule has 0 aliphatic rings. The minimum Gasteiger partial charge on any atom is -0.508 e. The predicted octanol–water partition coefficient (Wildman–Crippen LogP) is 2.86. The van der Waals surface area contributed by atoms with E-state index in [9.17, 15) is 9.90 Å². The van der Waals surface area contributed by atoms with Crippen LogP contribution in [-0.4, -0.2) is 22.9 Å². The maximum Gasteiger partial charge on any atom is 0.224 e. The van der Waals surface area contributed by atoms with Crippen LogP contribution in [0.5, 0.6) is 5.75 Å². The van der Waals surface area contributed by atoms with Gasteiger partial charge < -0.3 is 10.4 Å². The Labute approximate surface area is 117 Å². The molecule has 1 aromatic rings. The summed E-state index contributed by atoms with van der Waals surface area (Å²) in [4.78, 5) is 11.7. The Morgan fingerprint density at radius 2 is 2.28 bits per heavy atom. The van der Waals surface area contributed by atoms with E-state index in [-0.39, 0.29) is 11.7 Å². The van der Waals surface area contributed by atoms with Gasteiger partial charge in [0.15, 0.2) is 0 Å². The van der Waals surface area contributed by atoms with E-state index in [4.69, 9.17) is 0 Å². The molecule has 4 heteroatoms. The molecule has 0 spiro atoms. The topological polar surface area (TPSA) is 49.3 Å². The Kier molecular flexibility index (Phi) is 6.80. The minimum absolute atomic E-state index is 0.00798. The number of rotatable bonds is 7. The van der Waals surface area contributed by atoms with E-state index in [1.165, 1.54) is 0 Å². The molecule has 0 saturated carbocycles. The predicted molar refractivity (Wildman–Crippen MR) is 77.0 cm³/mol. The summed E-state index contributed by atoms with van der Waals surface area (Å²) in [7, 11) is 0. The van der Waals surface area contributed by atoms with E-state index in [1.54, 1.807) is 18.2 Å². The van der Waals surface area contributed by atoms with Gasteiger partial charge in [0.05, 0.1) is 6.42 Å². The SMILES string of the molecule is CCC(CCBr)CNC(=O)Cc1cccc(O)c1. The third-order valence-electron chi connectivity index (χ3n) is 2.96. The van der Waals surface area contributed by atoms with Gasteiger partial charge in [-0.3, -0.25) is 4.79 Å². The number of hydrogen-bond acceptors (Lipinski definition) is 2. The monoisotopic (exact) mass is 313 g/mol. The molecular weight excluding hydrogens is 294 g/mol. The molecule has 1 rings (SSSR count). The zero-order valence-electron chi connectivity index (χ0n) is 10.7. The first-order valence-corrected chi connectivity index (χ1v) is 7.38. The molecule has 0 aromatic heterocycles. The molecule has 3 nitrogen and oxygen atoms in total. The number of carbonyl (C=O) groups excluding carboxylic acids is 1. The van der Waals surface area contributed by atoms with Gasteiger partial charge in [-0.25, -0.2) is 0 Å². The number of hydrogen-bond donors (Lipinski definition) is 2. The molecule has 0 bridgehead atoms. The Morgan fingerprint density at radius 1 is 1.50 bits per heavy atom. The molecule has 1 amide bonds. The van der Waals surface area contributed by atoms with Gasteiger partial charge in [-0.1, -0.05) is 41.4 Å². The highest BCUT2D eigenvalue weighted by atomic mass is 79.9. The number of carbonyl (C=O) groups is 1. The zero-order valence-corrected chi connectivity index (χ0v) is 12.2. The largest absolute Gasteiger partial charge is 0.508 e. The van der Waals surface area contributed by atoms with Crippen LogP contribution in [0, 0.1) is 5.92 Å².